The van der Waals surface area contributed by atoms with Crippen LogP contribution in [0, 0.1) is 0 Å². The second-order valence-corrected chi connectivity index (χ2v) is 3.26. The summed E-state index contributed by atoms with van der Waals surface area (Å²) in [6.45, 7) is 0. The normalized spacial score (nSPS) is 14.8. The second-order valence-electron chi connectivity index (χ2n) is 3.26. The third-order valence-electron chi connectivity index (χ3n) is 1.50. The van der Waals surface area contributed by atoms with Crippen molar-refractivity contribution in [2.75, 3.05) is 7.11 Å². The van der Waals surface area contributed by atoms with E-state index in [1.165, 1.54) is 0 Å². The predicted molar refractivity (Wildman–Crippen MR) is 41.1 cm³/mol. The zero-order valence-corrected chi connectivity index (χ0v) is 10.2. The number of hydrogen-bond acceptors (Lipinski definition) is 5. The van der Waals surface area contributed by atoms with Gasteiger partial charge in [-0.15, -0.1) is 22.0 Å². The first-order chi connectivity index (χ1) is 9.85. The molecule has 0 aromatic carbocycles. The Balaban J connectivity index is 5.23. The van der Waals surface area contributed by atoms with Crippen LogP contribution in [0.15, 0.2) is 0 Å². The molecule has 16 heteroatoms. The molecule has 0 atom stereocenters. The monoisotopic (exact) mass is 376 g/mol. The molecule has 23 heavy (non-hydrogen) atoms. The Morgan fingerprint density at radius 2 is 1.09 bits per heavy atom. The lowest BCUT2D eigenvalue weighted by molar-refractivity contribution is -0.569. The van der Waals surface area contributed by atoms with Crippen molar-refractivity contribution >= 4 is 5.97 Å². The van der Waals surface area contributed by atoms with Crippen LogP contribution in [-0.4, -0.2) is 44.1 Å². The summed E-state index contributed by atoms with van der Waals surface area (Å²) < 4.78 is 143. The molecule has 0 N–H and O–H groups in total. The molecule has 138 valence electrons. The smallest absolute Gasteiger partial charge is 0.463 e. The largest absolute Gasteiger partial charge is 0.527 e. The highest BCUT2D eigenvalue weighted by atomic mass is 19.4. The van der Waals surface area contributed by atoms with Gasteiger partial charge in [0, 0.05) is 0 Å². The fraction of sp³-hybridized carbons (Fsp3) is 0.857. The van der Waals surface area contributed by atoms with Crippen molar-refractivity contribution in [1.82, 2.24) is 0 Å². The summed E-state index contributed by atoms with van der Waals surface area (Å²) in [5, 5.41) is 0. The van der Waals surface area contributed by atoms with E-state index in [0.717, 1.165) is 0 Å². The third kappa shape index (κ3) is 6.30. The number of methoxy groups -OCH3 is 1. The minimum atomic E-state index is -6.79. The van der Waals surface area contributed by atoms with Gasteiger partial charge in [-0.2, -0.15) is 26.3 Å². The first kappa shape index (κ1) is 21.6. The van der Waals surface area contributed by atoms with Crippen molar-refractivity contribution in [1.29, 1.82) is 0 Å². The predicted octanol–water partition coefficient (Wildman–Crippen LogP) is 3.06. The average molecular weight is 376 g/mol. The Morgan fingerprint density at radius 1 is 0.696 bits per heavy atom. The Bertz CT molecular complexity index is 431. The molecule has 0 aliphatic rings. The Hall–Kier alpha value is -1.42. The van der Waals surface area contributed by atoms with Gasteiger partial charge in [-0.3, -0.25) is 0 Å². The molecule has 0 rings (SSSR count). The standard InChI is InChI=1S/C7H3F11O5/c1-20-2(19)3(8,9)21-7(17,18)23-5(12,13)4(10,11)22-6(14,15)16/h1H3. The number of carbonyl (C=O) groups excluding carboxylic acids is 1. The molecule has 0 aromatic heterocycles. The molecule has 0 amide bonds. The number of carbonyl (C=O) groups is 1. The van der Waals surface area contributed by atoms with Crippen molar-refractivity contribution in [2.45, 2.75) is 31.0 Å². The van der Waals surface area contributed by atoms with Gasteiger partial charge in [-0.05, 0) is 0 Å². The van der Waals surface area contributed by atoms with Crippen molar-refractivity contribution in [3.05, 3.63) is 0 Å². The van der Waals surface area contributed by atoms with Crippen LogP contribution in [0.25, 0.3) is 0 Å². The summed E-state index contributed by atoms with van der Waals surface area (Å²) in [4.78, 5) is 10.3. The molecule has 5 nitrogen and oxygen atoms in total. The lowest BCUT2D eigenvalue weighted by Gasteiger charge is -2.29. The van der Waals surface area contributed by atoms with E-state index in [2.05, 4.69) is 9.47 Å². The Morgan fingerprint density at radius 3 is 1.43 bits per heavy atom. The molecule has 0 saturated carbocycles. The summed E-state index contributed by atoms with van der Waals surface area (Å²) in [6, 6.07) is 0. The van der Waals surface area contributed by atoms with E-state index >= 15 is 0 Å². The van der Waals surface area contributed by atoms with E-state index in [4.69, 9.17) is 0 Å². The van der Waals surface area contributed by atoms with Crippen LogP contribution >= 0.6 is 0 Å². The maximum absolute atomic E-state index is 12.6. The van der Waals surface area contributed by atoms with Gasteiger partial charge in [0.25, 0.3) is 0 Å². The van der Waals surface area contributed by atoms with E-state index < -0.39 is 37.0 Å². The van der Waals surface area contributed by atoms with E-state index in [1.807, 2.05) is 4.74 Å². The number of ether oxygens (including phenoxy) is 4. The molecular formula is C7H3F11O5. The molecule has 0 aromatic rings. The molecule has 0 fully saturated rings. The van der Waals surface area contributed by atoms with Crippen LogP contribution < -0.4 is 0 Å². The minimum Gasteiger partial charge on any atom is -0.463 e. The molecule has 0 bridgehead atoms. The highest BCUT2D eigenvalue weighted by molar-refractivity contribution is 5.75. The summed E-state index contributed by atoms with van der Waals surface area (Å²) in [5.74, 6) is -2.87. The van der Waals surface area contributed by atoms with Crippen LogP contribution in [0.4, 0.5) is 48.3 Å². The van der Waals surface area contributed by atoms with Gasteiger partial charge in [0.1, 0.15) is 0 Å². The van der Waals surface area contributed by atoms with Gasteiger partial charge in [-0.1, -0.05) is 0 Å². The lowest BCUT2D eigenvalue weighted by Crippen LogP contribution is -2.53. The van der Waals surface area contributed by atoms with E-state index in [-0.39, 0.29) is 7.11 Å². The highest BCUT2D eigenvalue weighted by Gasteiger charge is 2.69. The van der Waals surface area contributed by atoms with Gasteiger partial charge < -0.3 is 4.74 Å². The fourth-order valence-electron chi connectivity index (χ4n) is 0.744. The highest BCUT2D eigenvalue weighted by Crippen LogP contribution is 2.44. The zero-order valence-electron chi connectivity index (χ0n) is 10.2. The van der Waals surface area contributed by atoms with E-state index in [9.17, 15) is 53.1 Å². The quantitative estimate of drug-likeness (QED) is 0.389. The maximum Gasteiger partial charge on any atom is 0.527 e. The van der Waals surface area contributed by atoms with Crippen molar-refractivity contribution in [3.8, 4) is 0 Å². The van der Waals surface area contributed by atoms with Crippen LogP contribution in [0.3, 0.4) is 0 Å². The van der Waals surface area contributed by atoms with Gasteiger partial charge >= 0.3 is 37.0 Å². The van der Waals surface area contributed by atoms with Gasteiger partial charge in [-0.25, -0.2) is 19.0 Å². The molecule has 0 unspecified atom stereocenters. The van der Waals surface area contributed by atoms with Crippen LogP contribution in [-0.2, 0) is 23.7 Å². The van der Waals surface area contributed by atoms with Crippen molar-refractivity contribution in [2.24, 2.45) is 0 Å². The van der Waals surface area contributed by atoms with E-state index in [0.29, 0.717) is 0 Å². The fourth-order valence-corrected chi connectivity index (χ4v) is 0.744. The average Bonchev–Trinajstić information content (AvgIpc) is 2.20. The molecule has 0 radical (unpaired) electrons. The molecule has 0 heterocycles. The third-order valence-corrected chi connectivity index (χ3v) is 1.50. The molecule has 0 saturated heterocycles. The zero-order chi connectivity index (χ0) is 18.9. The summed E-state index contributed by atoms with van der Waals surface area (Å²) >= 11 is 0. The van der Waals surface area contributed by atoms with Crippen molar-refractivity contribution < 1.29 is 72.0 Å². The second kappa shape index (κ2) is 6.23. The summed E-state index contributed by atoms with van der Waals surface area (Å²) in [7, 11) is 0.221. The van der Waals surface area contributed by atoms with Gasteiger partial charge in [0.2, 0.25) is 0 Å². The first-order valence-electron chi connectivity index (χ1n) is 4.62. The maximum atomic E-state index is 12.6. The number of rotatable bonds is 7. The number of hydrogen-bond donors (Lipinski definition) is 0. The molecule has 0 spiro atoms. The lowest BCUT2D eigenvalue weighted by atomic mass is 10.5. The van der Waals surface area contributed by atoms with Gasteiger partial charge in [0.05, 0.1) is 7.11 Å². The van der Waals surface area contributed by atoms with Crippen molar-refractivity contribution in [3.63, 3.8) is 0 Å². The molecular weight excluding hydrogens is 373 g/mol. The van der Waals surface area contributed by atoms with Crippen LogP contribution in [0.5, 0.6) is 0 Å². The number of halogens is 11. The summed E-state index contributed by atoms with van der Waals surface area (Å²) in [5.41, 5.74) is 0. The SMILES string of the molecule is COC(=O)C(F)(F)OC(F)(F)OC(F)(F)C(F)(F)OC(F)(F)F. The topological polar surface area (TPSA) is 54.0 Å². The summed E-state index contributed by atoms with van der Waals surface area (Å²) in [6.07, 6.45) is -32.0. The molecule has 0 aliphatic heterocycles. The van der Waals surface area contributed by atoms with Crippen LogP contribution in [0.1, 0.15) is 0 Å². The minimum absolute atomic E-state index is 0.221. The Labute approximate surface area is 117 Å². The Kier molecular flexibility index (Phi) is 5.85. The molecule has 0 aliphatic carbocycles. The first-order valence-corrected chi connectivity index (χ1v) is 4.62. The van der Waals surface area contributed by atoms with Gasteiger partial charge in [0.15, 0.2) is 0 Å². The number of esters is 1. The van der Waals surface area contributed by atoms with E-state index in [1.54, 1.807) is 4.74 Å². The van der Waals surface area contributed by atoms with Crippen LogP contribution in [0.2, 0.25) is 0 Å². The number of alkyl halides is 11.